The van der Waals surface area contributed by atoms with Crippen LogP contribution in [-0.2, 0) is 4.74 Å². The summed E-state index contributed by atoms with van der Waals surface area (Å²) in [4.78, 5) is 35.5. The molecule has 0 fully saturated rings. The molecule has 0 saturated heterocycles. The zero-order valence-corrected chi connectivity index (χ0v) is 15.1. The third kappa shape index (κ3) is 5.42. The van der Waals surface area contributed by atoms with Crippen LogP contribution in [0.25, 0.3) is 0 Å². The van der Waals surface area contributed by atoms with Gasteiger partial charge in [-0.1, -0.05) is 28.1 Å². The molecule has 2 aromatic rings. The summed E-state index contributed by atoms with van der Waals surface area (Å²) in [6.45, 7) is 0.550. The third-order valence-corrected chi connectivity index (χ3v) is 3.82. The minimum absolute atomic E-state index is 0.219. The van der Waals surface area contributed by atoms with E-state index in [9.17, 15) is 14.4 Å². The molecule has 2 rings (SSSR count). The van der Waals surface area contributed by atoms with Crippen LogP contribution in [0.1, 0.15) is 31.1 Å². The van der Waals surface area contributed by atoms with Gasteiger partial charge in [-0.3, -0.25) is 9.59 Å². The summed E-state index contributed by atoms with van der Waals surface area (Å²) in [5.41, 5.74) is 1.19. The van der Waals surface area contributed by atoms with Gasteiger partial charge in [-0.2, -0.15) is 0 Å². The highest BCUT2D eigenvalue weighted by molar-refractivity contribution is 9.10. The van der Waals surface area contributed by atoms with Crippen molar-refractivity contribution in [1.29, 1.82) is 0 Å². The van der Waals surface area contributed by atoms with E-state index >= 15 is 0 Å². The Bertz CT molecular complexity index is 792. The molecule has 130 valence electrons. The van der Waals surface area contributed by atoms with Gasteiger partial charge in [-0.15, -0.1) is 0 Å². The van der Waals surface area contributed by atoms with Gasteiger partial charge < -0.3 is 15.4 Å². The van der Waals surface area contributed by atoms with Crippen LogP contribution in [0.3, 0.4) is 0 Å². The predicted molar refractivity (Wildman–Crippen MR) is 96.6 cm³/mol. The number of benzene rings is 2. The maximum Gasteiger partial charge on any atom is 0.337 e. The van der Waals surface area contributed by atoms with Gasteiger partial charge >= 0.3 is 5.97 Å². The maximum absolute atomic E-state index is 12.1. The van der Waals surface area contributed by atoms with Gasteiger partial charge in [0, 0.05) is 28.7 Å². The van der Waals surface area contributed by atoms with Gasteiger partial charge in [0.2, 0.25) is 0 Å². The lowest BCUT2D eigenvalue weighted by Crippen LogP contribution is -2.34. The van der Waals surface area contributed by atoms with Crippen molar-refractivity contribution in [2.45, 2.75) is 0 Å². The number of esters is 1. The number of rotatable bonds is 6. The Balaban J connectivity index is 1.82. The lowest BCUT2D eigenvalue weighted by Gasteiger charge is -2.08. The molecule has 6 nitrogen and oxygen atoms in total. The first kappa shape index (κ1) is 18.7. The quantitative estimate of drug-likeness (QED) is 0.571. The molecule has 0 bridgehead atoms. The second kappa shape index (κ2) is 8.98. The highest BCUT2D eigenvalue weighted by Gasteiger charge is 2.10. The van der Waals surface area contributed by atoms with E-state index in [0.29, 0.717) is 16.7 Å². The Kier molecular flexibility index (Phi) is 6.71. The molecule has 0 aliphatic heterocycles. The minimum atomic E-state index is -0.504. The summed E-state index contributed by atoms with van der Waals surface area (Å²) in [7, 11) is 1.28. The second-order valence-electron chi connectivity index (χ2n) is 5.09. The molecule has 0 atom stereocenters. The van der Waals surface area contributed by atoms with Crippen LogP contribution in [0.5, 0.6) is 0 Å². The molecule has 0 aromatic heterocycles. The summed E-state index contributed by atoms with van der Waals surface area (Å²) in [6, 6.07) is 13.3. The second-order valence-corrected chi connectivity index (χ2v) is 6.01. The monoisotopic (exact) mass is 404 g/mol. The van der Waals surface area contributed by atoms with E-state index in [1.54, 1.807) is 36.4 Å². The van der Waals surface area contributed by atoms with Crippen LogP contribution < -0.4 is 10.6 Å². The van der Waals surface area contributed by atoms with E-state index in [-0.39, 0.29) is 24.9 Å². The summed E-state index contributed by atoms with van der Waals surface area (Å²) in [6.07, 6.45) is 0. The van der Waals surface area contributed by atoms with E-state index in [1.807, 2.05) is 6.07 Å². The van der Waals surface area contributed by atoms with Crippen LogP contribution in [0.15, 0.2) is 53.0 Å². The number of nitrogens with one attached hydrogen (secondary N) is 2. The molecule has 2 amide bonds. The summed E-state index contributed by atoms with van der Waals surface area (Å²) < 4.78 is 5.44. The highest BCUT2D eigenvalue weighted by atomic mass is 79.9. The Hall–Kier alpha value is -2.67. The van der Waals surface area contributed by atoms with E-state index in [2.05, 4.69) is 31.3 Å². The fraction of sp³-hybridized carbons (Fsp3) is 0.167. The van der Waals surface area contributed by atoms with Crippen molar-refractivity contribution in [1.82, 2.24) is 10.6 Å². The third-order valence-electron chi connectivity index (χ3n) is 3.33. The number of methoxy groups -OCH3 is 1. The maximum atomic E-state index is 12.1. The first-order chi connectivity index (χ1) is 12.0. The van der Waals surface area contributed by atoms with Crippen molar-refractivity contribution in [2.24, 2.45) is 0 Å². The van der Waals surface area contributed by atoms with Gasteiger partial charge in [0.1, 0.15) is 0 Å². The van der Waals surface area contributed by atoms with Gasteiger partial charge in [0.05, 0.1) is 12.7 Å². The number of ether oxygens (including phenoxy) is 1. The fourth-order valence-corrected chi connectivity index (χ4v) is 2.49. The zero-order chi connectivity index (χ0) is 18.2. The summed E-state index contributed by atoms with van der Waals surface area (Å²) in [5.74, 6) is -1.05. The average molecular weight is 405 g/mol. The number of carbonyl (C=O) groups is 3. The molecule has 2 N–H and O–H groups in total. The smallest absolute Gasteiger partial charge is 0.337 e. The standard InChI is InChI=1S/C18H17BrN2O4/c1-25-18(24)14-6-2-4-12(10-14)16(22)20-8-9-21-17(23)13-5-3-7-15(19)11-13/h2-7,10-11H,8-9H2,1H3,(H,20,22)(H,21,23). The number of hydrogen-bond acceptors (Lipinski definition) is 4. The average Bonchev–Trinajstić information content (AvgIpc) is 2.64. The molecule has 2 aromatic carbocycles. The van der Waals surface area contributed by atoms with Crippen molar-refractivity contribution in [3.63, 3.8) is 0 Å². The molecular formula is C18H17BrN2O4. The van der Waals surface area contributed by atoms with Crippen LogP contribution in [0.2, 0.25) is 0 Å². The van der Waals surface area contributed by atoms with Gasteiger partial charge in [-0.05, 0) is 36.4 Å². The topological polar surface area (TPSA) is 84.5 Å². The molecule has 25 heavy (non-hydrogen) atoms. The molecule has 0 heterocycles. The largest absolute Gasteiger partial charge is 0.465 e. The summed E-state index contributed by atoms with van der Waals surface area (Å²) >= 11 is 3.31. The Morgan fingerprint density at radius 3 is 1.96 bits per heavy atom. The van der Waals surface area contributed by atoms with E-state index in [1.165, 1.54) is 13.2 Å². The van der Waals surface area contributed by atoms with Crippen molar-refractivity contribution in [3.05, 3.63) is 69.7 Å². The van der Waals surface area contributed by atoms with Crippen LogP contribution in [-0.4, -0.2) is 38.0 Å². The minimum Gasteiger partial charge on any atom is -0.465 e. The van der Waals surface area contributed by atoms with Gasteiger partial charge in [-0.25, -0.2) is 4.79 Å². The van der Waals surface area contributed by atoms with Crippen molar-refractivity contribution < 1.29 is 19.1 Å². The number of hydrogen-bond donors (Lipinski definition) is 2. The molecule has 0 aliphatic carbocycles. The van der Waals surface area contributed by atoms with E-state index in [4.69, 9.17) is 0 Å². The molecule has 0 unspecified atom stereocenters. The van der Waals surface area contributed by atoms with E-state index < -0.39 is 5.97 Å². The Labute approximate surface area is 153 Å². The molecule has 0 spiro atoms. The number of amides is 2. The SMILES string of the molecule is COC(=O)c1cccc(C(=O)NCCNC(=O)c2cccc(Br)c2)c1. The van der Waals surface area contributed by atoms with Gasteiger partial charge in [0.15, 0.2) is 0 Å². The Morgan fingerprint density at radius 1 is 0.880 bits per heavy atom. The highest BCUT2D eigenvalue weighted by Crippen LogP contribution is 2.11. The molecular weight excluding hydrogens is 388 g/mol. The van der Waals surface area contributed by atoms with Crippen molar-refractivity contribution >= 4 is 33.7 Å². The van der Waals surface area contributed by atoms with Crippen molar-refractivity contribution in [3.8, 4) is 0 Å². The number of carbonyl (C=O) groups excluding carboxylic acids is 3. The van der Waals surface area contributed by atoms with Gasteiger partial charge in [0.25, 0.3) is 11.8 Å². The molecule has 7 heteroatoms. The number of halogens is 1. The lowest BCUT2D eigenvalue weighted by atomic mass is 10.1. The first-order valence-electron chi connectivity index (χ1n) is 7.51. The lowest BCUT2D eigenvalue weighted by molar-refractivity contribution is 0.0600. The van der Waals surface area contributed by atoms with Crippen LogP contribution in [0.4, 0.5) is 0 Å². The molecule has 0 radical (unpaired) electrons. The fourth-order valence-electron chi connectivity index (χ4n) is 2.09. The zero-order valence-electron chi connectivity index (χ0n) is 13.5. The predicted octanol–water partition coefficient (Wildman–Crippen LogP) is 2.40. The molecule has 0 aliphatic rings. The van der Waals surface area contributed by atoms with Crippen LogP contribution >= 0.6 is 15.9 Å². The van der Waals surface area contributed by atoms with Crippen LogP contribution in [0, 0.1) is 0 Å². The first-order valence-corrected chi connectivity index (χ1v) is 8.31. The molecule has 0 saturated carbocycles. The Morgan fingerprint density at radius 2 is 1.40 bits per heavy atom. The van der Waals surface area contributed by atoms with Crippen molar-refractivity contribution in [2.75, 3.05) is 20.2 Å². The summed E-state index contributed by atoms with van der Waals surface area (Å²) in [5, 5.41) is 5.41. The normalized spacial score (nSPS) is 10.0. The van der Waals surface area contributed by atoms with E-state index in [0.717, 1.165) is 4.47 Å².